The highest BCUT2D eigenvalue weighted by molar-refractivity contribution is 7.19. The van der Waals surface area contributed by atoms with Crippen LogP contribution in [0.3, 0.4) is 0 Å². The second kappa shape index (κ2) is 11.1. The third-order valence-corrected chi connectivity index (χ3v) is 6.18. The largest absolute Gasteiger partial charge is 0.462 e. The molecule has 0 saturated heterocycles. The van der Waals surface area contributed by atoms with Crippen molar-refractivity contribution in [2.45, 2.75) is 41.5 Å². The molecule has 2 amide bonds. The number of likely N-dealkylation sites (N-methyl/N-ethyl adjacent to an activating group) is 1. The highest BCUT2D eigenvalue weighted by Gasteiger charge is 2.27. The standard InChI is InChI=1S/C23H31N3O4S/c1-7-26(8-2)13-18(27)25-22-19(23(29)30-9-3)16(6)20(31-22)21(28)24-17-11-10-14(4)12-15(17)5/h10-12H,7-9,13H2,1-6H3,(H,24,28)(H,25,27). The van der Waals surface area contributed by atoms with E-state index in [4.69, 9.17) is 4.74 Å². The van der Waals surface area contributed by atoms with Gasteiger partial charge in [-0.2, -0.15) is 0 Å². The van der Waals surface area contributed by atoms with Gasteiger partial charge in [0.2, 0.25) is 5.91 Å². The zero-order valence-electron chi connectivity index (χ0n) is 19.0. The second-order valence-electron chi connectivity index (χ2n) is 7.26. The molecule has 0 radical (unpaired) electrons. The minimum Gasteiger partial charge on any atom is -0.462 e. The van der Waals surface area contributed by atoms with Crippen LogP contribution < -0.4 is 10.6 Å². The fraction of sp³-hybridized carbons (Fsp3) is 0.435. The molecule has 0 bridgehead atoms. The van der Waals surface area contributed by atoms with Crippen LogP contribution in [0.5, 0.6) is 0 Å². The van der Waals surface area contributed by atoms with Gasteiger partial charge in [-0.05, 0) is 58.0 Å². The molecular formula is C23H31N3O4S. The number of nitrogens with one attached hydrogen (secondary N) is 2. The topological polar surface area (TPSA) is 87.7 Å². The van der Waals surface area contributed by atoms with Gasteiger partial charge in [0.05, 0.1) is 23.6 Å². The Morgan fingerprint density at radius 1 is 1.03 bits per heavy atom. The SMILES string of the molecule is CCOC(=O)c1c(NC(=O)CN(CC)CC)sc(C(=O)Nc2ccc(C)cc2C)c1C. The quantitative estimate of drug-likeness (QED) is 0.559. The van der Waals surface area contributed by atoms with Crippen LogP contribution in [0.1, 0.15) is 57.5 Å². The van der Waals surface area contributed by atoms with Gasteiger partial charge in [0.25, 0.3) is 5.91 Å². The van der Waals surface area contributed by atoms with Crippen molar-refractivity contribution < 1.29 is 19.1 Å². The normalized spacial score (nSPS) is 10.8. The van der Waals surface area contributed by atoms with Crippen molar-refractivity contribution in [2.24, 2.45) is 0 Å². The molecule has 2 N–H and O–H groups in total. The number of nitrogens with zero attached hydrogens (tertiary/aromatic N) is 1. The minimum absolute atomic E-state index is 0.199. The molecule has 1 aromatic heterocycles. The number of hydrogen-bond acceptors (Lipinski definition) is 6. The van der Waals surface area contributed by atoms with Crippen molar-refractivity contribution in [1.82, 2.24) is 4.90 Å². The molecule has 7 nitrogen and oxygen atoms in total. The van der Waals surface area contributed by atoms with E-state index in [1.165, 1.54) is 0 Å². The first-order valence-electron chi connectivity index (χ1n) is 10.4. The van der Waals surface area contributed by atoms with Crippen LogP contribution in [0.4, 0.5) is 10.7 Å². The van der Waals surface area contributed by atoms with Crippen LogP contribution in [0.15, 0.2) is 18.2 Å². The lowest BCUT2D eigenvalue weighted by molar-refractivity contribution is -0.117. The van der Waals surface area contributed by atoms with Crippen LogP contribution >= 0.6 is 11.3 Å². The summed E-state index contributed by atoms with van der Waals surface area (Å²) in [6.45, 7) is 13.2. The summed E-state index contributed by atoms with van der Waals surface area (Å²) in [6, 6.07) is 5.76. The third-order valence-electron chi connectivity index (χ3n) is 4.98. The first-order chi connectivity index (χ1) is 14.7. The maximum Gasteiger partial charge on any atom is 0.341 e. The van der Waals surface area contributed by atoms with E-state index in [0.717, 1.165) is 35.6 Å². The van der Waals surface area contributed by atoms with Gasteiger partial charge in [0.15, 0.2) is 0 Å². The summed E-state index contributed by atoms with van der Waals surface area (Å²) in [4.78, 5) is 40.4. The summed E-state index contributed by atoms with van der Waals surface area (Å²) >= 11 is 1.08. The predicted octanol–water partition coefficient (Wildman–Crippen LogP) is 4.38. The summed E-state index contributed by atoms with van der Waals surface area (Å²) in [5.74, 6) is -1.12. The third kappa shape index (κ3) is 6.15. The van der Waals surface area contributed by atoms with E-state index < -0.39 is 5.97 Å². The van der Waals surface area contributed by atoms with E-state index >= 15 is 0 Å². The number of anilines is 2. The number of hydrogen-bond donors (Lipinski definition) is 2. The van der Waals surface area contributed by atoms with E-state index in [1.54, 1.807) is 13.8 Å². The van der Waals surface area contributed by atoms with Gasteiger partial charge in [-0.25, -0.2) is 4.79 Å². The molecule has 2 rings (SSSR count). The average molecular weight is 446 g/mol. The molecule has 31 heavy (non-hydrogen) atoms. The molecular weight excluding hydrogens is 414 g/mol. The summed E-state index contributed by atoms with van der Waals surface area (Å²) in [7, 11) is 0. The number of benzene rings is 1. The highest BCUT2D eigenvalue weighted by Crippen LogP contribution is 2.34. The average Bonchev–Trinajstić information content (AvgIpc) is 3.04. The zero-order valence-corrected chi connectivity index (χ0v) is 19.9. The van der Waals surface area contributed by atoms with Crippen LogP contribution in [0.2, 0.25) is 0 Å². The van der Waals surface area contributed by atoms with Crippen LogP contribution in [0, 0.1) is 20.8 Å². The Morgan fingerprint density at radius 2 is 1.71 bits per heavy atom. The molecule has 8 heteroatoms. The predicted molar refractivity (Wildman–Crippen MR) is 125 cm³/mol. The lowest BCUT2D eigenvalue weighted by Crippen LogP contribution is -2.33. The van der Waals surface area contributed by atoms with Gasteiger partial charge in [-0.1, -0.05) is 31.5 Å². The van der Waals surface area contributed by atoms with Crippen molar-refractivity contribution in [3.05, 3.63) is 45.3 Å². The van der Waals surface area contributed by atoms with Crippen molar-refractivity contribution in [2.75, 3.05) is 36.9 Å². The van der Waals surface area contributed by atoms with Gasteiger partial charge >= 0.3 is 5.97 Å². The zero-order chi connectivity index (χ0) is 23.1. The Balaban J connectivity index is 2.35. The van der Waals surface area contributed by atoms with E-state index in [2.05, 4.69) is 10.6 Å². The summed E-state index contributed by atoms with van der Waals surface area (Å²) in [6.07, 6.45) is 0. The number of esters is 1. The van der Waals surface area contributed by atoms with Crippen molar-refractivity contribution >= 4 is 39.8 Å². The molecule has 1 heterocycles. The molecule has 168 valence electrons. The lowest BCUT2D eigenvalue weighted by Gasteiger charge is -2.17. The fourth-order valence-corrected chi connectivity index (χ4v) is 4.32. The second-order valence-corrected chi connectivity index (χ2v) is 8.28. The van der Waals surface area contributed by atoms with E-state index in [1.807, 2.05) is 50.8 Å². The molecule has 0 spiro atoms. The number of carbonyl (C=O) groups excluding carboxylic acids is 3. The molecule has 1 aromatic carbocycles. The molecule has 0 aliphatic carbocycles. The smallest absolute Gasteiger partial charge is 0.341 e. The van der Waals surface area contributed by atoms with Crippen LogP contribution in [-0.4, -0.2) is 48.9 Å². The molecule has 0 aliphatic rings. The molecule has 0 atom stereocenters. The minimum atomic E-state index is -0.556. The lowest BCUT2D eigenvalue weighted by atomic mass is 10.1. The van der Waals surface area contributed by atoms with Gasteiger partial charge in [0.1, 0.15) is 5.00 Å². The van der Waals surface area contributed by atoms with Gasteiger partial charge in [0, 0.05) is 5.69 Å². The number of thiophene rings is 1. The van der Waals surface area contributed by atoms with Gasteiger partial charge in [-0.15, -0.1) is 11.3 Å². The Labute approximate surface area is 187 Å². The Bertz CT molecular complexity index is 964. The Morgan fingerprint density at radius 3 is 2.29 bits per heavy atom. The van der Waals surface area contributed by atoms with Crippen molar-refractivity contribution in [1.29, 1.82) is 0 Å². The summed E-state index contributed by atoms with van der Waals surface area (Å²) < 4.78 is 5.17. The molecule has 0 aliphatic heterocycles. The number of carbonyl (C=O) groups is 3. The number of ether oxygens (including phenoxy) is 1. The van der Waals surface area contributed by atoms with Crippen molar-refractivity contribution in [3.8, 4) is 0 Å². The van der Waals surface area contributed by atoms with Gasteiger partial charge < -0.3 is 15.4 Å². The van der Waals surface area contributed by atoms with E-state index in [0.29, 0.717) is 21.1 Å². The van der Waals surface area contributed by atoms with Crippen molar-refractivity contribution in [3.63, 3.8) is 0 Å². The number of rotatable bonds is 9. The first kappa shape index (κ1) is 24.6. The summed E-state index contributed by atoms with van der Waals surface area (Å²) in [5.41, 5.74) is 3.47. The highest BCUT2D eigenvalue weighted by atomic mass is 32.1. The summed E-state index contributed by atoms with van der Waals surface area (Å²) in [5, 5.41) is 6.05. The van der Waals surface area contributed by atoms with E-state index in [-0.39, 0.29) is 30.5 Å². The molecule has 0 unspecified atom stereocenters. The molecule has 0 saturated carbocycles. The number of amides is 2. The van der Waals surface area contributed by atoms with Crippen LogP contribution in [-0.2, 0) is 9.53 Å². The monoisotopic (exact) mass is 445 g/mol. The van der Waals surface area contributed by atoms with E-state index in [9.17, 15) is 14.4 Å². The Kier molecular flexibility index (Phi) is 8.76. The maximum absolute atomic E-state index is 13.0. The molecule has 0 fully saturated rings. The maximum atomic E-state index is 13.0. The molecule has 2 aromatic rings. The van der Waals surface area contributed by atoms with Gasteiger partial charge in [-0.3, -0.25) is 14.5 Å². The Hall–Kier alpha value is -2.71. The van der Waals surface area contributed by atoms with Crippen LogP contribution in [0.25, 0.3) is 0 Å². The number of aryl methyl sites for hydroxylation is 2. The first-order valence-corrected chi connectivity index (χ1v) is 11.2. The fourth-order valence-electron chi connectivity index (χ4n) is 3.22.